The summed E-state index contributed by atoms with van der Waals surface area (Å²) in [5, 5.41) is 7.46. The third kappa shape index (κ3) is 3.16. The van der Waals surface area contributed by atoms with E-state index in [2.05, 4.69) is 22.3 Å². The van der Waals surface area contributed by atoms with Crippen LogP contribution in [0.3, 0.4) is 0 Å². The molecule has 1 aliphatic heterocycles. The second-order valence-corrected chi connectivity index (χ2v) is 6.75. The molecule has 1 unspecified atom stereocenters. The van der Waals surface area contributed by atoms with Gasteiger partial charge in [-0.3, -0.25) is 9.89 Å². The van der Waals surface area contributed by atoms with Crippen molar-refractivity contribution in [3.8, 4) is 17.0 Å². The summed E-state index contributed by atoms with van der Waals surface area (Å²) in [5.41, 5.74) is 4.32. The van der Waals surface area contributed by atoms with Crippen molar-refractivity contribution in [3.05, 3.63) is 71.4 Å². The van der Waals surface area contributed by atoms with Crippen LogP contribution in [0.5, 0.6) is 5.75 Å². The zero-order chi connectivity index (χ0) is 19.5. The number of aromatic amines is 1. The van der Waals surface area contributed by atoms with E-state index in [1.807, 2.05) is 47.4 Å². The highest BCUT2D eigenvalue weighted by Gasteiger charge is 2.41. The number of fused-ring (bicyclic) bond motifs is 1. The Labute approximate surface area is 164 Å². The van der Waals surface area contributed by atoms with Gasteiger partial charge in [-0.2, -0.15) is 5.10 Å². The van der Waals surface area contributed by atoms with Crippen molar-refractivity contribution in [1.82, 2.24) is 15.1 Å². The molecule has 2 heterocycles. The van der Waals surface area contributed by atoms with Gasteiger partial charge in [0.15, 0.2) is 0 Å². The first-order valence-corrected chi connectivity index (χ1v) is 9.32. The minimum absolute atomic E-state index is 0.0211. The molecule has 6 heteroatoms. The lowest BCUT2D eigenvalue weighted by Gasteiger charge is -2.26. The predicted octanol–water partition coefficient (Wildman–Crippen LogP) is 3.67. The number of rotatable bonds is 7. The van der Waals surface area contributed by atoms with Crippen LogP contribution in [0.1, 0.15) is 34.1 Å². The summed E-state index contributed by atoms with van der Waals surface area (Å²) in [6.45, 7) is 1.24. The number of ether oxygens (including phenoxy) is 2. The lowest BCUT2D eigenvalue weighted by Crippen LogP contribution is -2.31. The average Bonchev–Trinajstić information content (AvgIpc) is 3.28. The minimum atomic E-state index is -0.170. The van der Waals surface area contributed by atoms with Gasteiger partial charge in [0.25, 0.3) is 5.91 Å². The van der Waals surface area contributed by atoms with E-state index in [1.54, 1.807) is 14.2 Å². The highest BCUT2D eigenvalue weighted by molar-refractivity contribution is 6.00. The van der Waals surface area contributed by atoms with E-state index in [9.17, 15) is 4.79 Å². The summed E-state index contributed by atoms with van der Waals surface area (Å²) < 4.78 is 10.4. The van der Waals surface area contributed by atoms with Crippen molar-refractivity contribution >= 4 is 5.91 Å². The van der Waals surface area contributed by atoms with E-state index in [-0.39, 0.29) is 11.9 Å². The molecule has 0 bridgehead atoms. The summed E-state index contributed by atoms with van der Waals surface area (Å²) >= 11 is 0. The zero-order valence-corrected chi connectivity index (χ0v) is 16.0. The molecule has 28 heavy (non-hydrogen) atoms. The molecule has 0 fully saturated rings. The Balaban J connectivity index is 1.78. The number of nitrogens with zero attached hydrogens (tertiary/aromatic N) is 2. The van der Waals surface area contributed by atoms with Crippen LogP contribution >= 0.6 is 0 Å². The number of aromatic nitrogens is 2. The van der Waals surface area contributed by atoms with Crippen molar-refractivity contribution < 1.29 is 14.3 Å². The van der Waals surface area contributed by atoms with Gasteiger partial charge >= 0.3 is 0 Å². The Hall–Kier alpha value is -3.12. The van der Waals surface area contributed by atoms with Crippen LogP contribution in [0.25, 0.3) is 11.3 Å². The average molecular weight is 377 g/mol. The minimum Gasteiger partial charge on any atom is -0.497 e. The molecule has 0 aliphatic carbocycles. The summed E-state index contributed by atoms with van der Waals surface area (Å²) in [5.74, 6) is 0.764. The first-order chi connectivity index (χ1) is 13.7. The standard InChI is InChI=1S/C22H23N3O3/c1-27-14-6-13-25-21(16-7-4-3-5-8-16)18-19(23-24-20(18)22(25)26)15-9-11-17(28-2)12-10-15/h3-5,7-12,21H,6,13-14H2,1-2H3,(H,23,24). The van der Waals surface area contributed by atoms with Crippen LogP contribution in [0.15, 0.2) is 54.6 Å². The van der Waals surface area contributed by atoms with Gasteiger partial charge in [0.1, 0.15) is 11.4 Å². The van der Waals surface area contributed by atoms with Crippen LogP contribution in [-0.2, 0) is 4.74 Å². The van der Waals surface area contributed by atoms with Gasteiger partial charge in [-0.1, -0.05) is 30.3 Å². The maximum Gasteiger partial charge on any atom is 0.273 e. The molecule has 1 atom stereocenters. The SMILES string of the molecule is COCCCN1C(=O)c2[nH]nc(-c3ccc(OC)cc3)c2C1c1ccccc1. The van der Waals surface area contributed by atoms with E-state index >= 15 is 0 Å². The maximum atomic E-state index is 13.1. The van der Waals surface area contributed by atoms with E-state index in [0.29, 0.717) is 18.8 Å². The van der Waals surface area contributed by atoms with E-state index in [1.165, 1.54) is 0 Å². The smallest absolute Gasteiger partial charge is 0.273 e. The number of methoxy groups -OCH3 is 2. The first-order valence-electron chi connectivity index (χ1n) is 9.32. The quantitative estimate of drug-likeness (QED) is 0.638. The van der Waals surface area contributed by atoms with Crippen molar-refractivity contribution in [2.45, 2.75) is 12.5 Å². The summed E-state index contributed by atoms with van der Waals surface area (Å²) in [7, 11) is 3.32. The number of hydrogen-bond acceptors (Lipinski definition) is 4. The lowest BCUT2D eigenvalue weighted by molar-refractivity contribution is 0.0723. The number of hydrogen-bond donors (Lipinski definition) is 1. The van der Waals surface area contributed by atoms with Gasteiger partial charge in [0.05, 0.1) is 18.8 Å². The molecule has 1 aromatic heterocycles. The number of carbonyl (C=O) groups excluding carboxylic acids is 1. The number of nitrogens with one attached hydrogen (secondary N) is 1. The zero-order valence-electron chi connectivity index (χ0n) is 16.0. The van der Waals surface area contributed by atoms with Crippen molar-refractivity contribution in [1.29, 1.82) is 0 Å². The Kier molecular flexibility index (Phi) is 5.12. The van der Waals surface area contributed by atoms with Crippen LogP contribution in [0, 0.1) is 0 Å². The number of benzene rings is 2. The Morgan fingerprint density at radius 2 is 1.82 bits per heavy atom. The maximum absolute atomic E-state index is 13.1. The highest BCUT2D eigenvalue weighted by Crippen LogP contribution is 2.42. The highest BCUT2D eigenvalue weighted by atomic mass is 16.5. The molecule has 0 radical (unpaired) electrons. The van der Waals surface area contributed by atoms with Crippen LogP contribution in [0.2, 0.25) is 0 Å². The van der Waals surface area contributed by atoms with Crippen LogP contribution in [0.4, 0.5) is 0 Å². The van der Waals surface area contributed by atoms with Crippen LogP contribution < -0.4 is 4.74 Å². The molecule has 3 aromatic rings. The summed E-state index contributed by atoms with van der Waals surface area (Å²) in [4.78, 5) is 15.0. The normalized spacial score (nSPS) is 15.7. The van der Waals surface area contributed by atoms with E-state index in [0.717, 1.165) is 34.6 Å². The number of amides is 1. The predicted molar refractivity (Wildman–Crippen MR) is 106 cm³/mol. The van der Waals surface area contributed by atoms with E-state index in [4.69, 9.17) is 9.47 Å². The van der Waals surface area contributed by atoms with Crippen molar-refractivity contribution in [2.24, 2.45) is 0 Å². The lowest BCUT2D eigenvalue weighted by atomic mass is 9.96. The second kappa shape index (κ2) is 7.86. The van der Waals surface area contributed by atoms with Gasteiger partial charge < -0.3 is 14.4 Å². The topological polar surface area (TPSA) is 67.5 Å². The fraction of sp³-hybridized carbons (Fsp3) is 0.273. The molecule has 0 spiro atoms. The van der Waals surface area contributed by atoms with Crippen molar-refractivity contribution in [3.63, 3.8) is 0 Å². The molecule has 4 rings (SSSR count). The van der Waals surface area contributed by atoms with Gasteiger partial charge in [-0.25, -0.2) is 0 Å². The van der Waals surface area contributed by atoms with Gasteiger partial charge in [0, 0.05) is 31.4 Å². The summed E-state index contributed by atoms with van der Waals surface area (Å²) in [6, 6.07) is 17.7. The molecule has 2 aromatic carbocycles. The van der Waals surface area contributed by atoms with Gasteiger partial charge in [-0.15, -0.1) is 0 Å². The molecule has 1 aliphatic rings. The Bertz CT molecular complexity index is 951. The summed E-state index contributed by atoms with van der Waals surface area (Å²) in [6.07, 6.45) is 0.779. The molecule has 6 nitrogen and oxygen atoms in total. The number of H-pyrrole nitrogens is 1. The van der Waals surface area contributed by atoms with E-state index < -0.39 is 0 Å². The van der Waals surface area contributed by atoms with Crippen LogP contribution in [-0.4, -0.2) is 48.4 Å². The molecule has 1 amide bonds. The fourth-order valence-corrected chi connectivity index (χ4v) is 3.76. The van der Waals surface area contributed by atoms with Gasteiger partial charge in [0.2, 0.25) is 0 Å². The monoisotopic (exact) mass is 377 g/mol. The third-order valence-electron chi connectivity index (χ3n) is 5.09. The third-order valence-corrected chi connectivity index (χ3v) is 5.09. The van der Waals surface area contributed by atoms with Crippen molar-refractivity contribution in [2.75, 3.05) is 27.4 Å². The number of carbonyl (C=O) groups is 1. The Morgan fingerprint density at radius 1 is 1.07 bits per heavy atom. The molecule has 0 saturated carbocycles. The Morgan fingerprint density at radius 3 is 2.50 bits per heavy atom. The second-order valence-electron chi connectivity index (χ2n) is 6.75. The molecular weight excluding hydrogens is 354 g/mol. The largest absolute Gasteiger partial charge is 0.497 e. The van der Waals surface area contributed by atoms with Gasteiger partial charge in [-0.05, 0) is 36.2 Å². The molecular formula is C22H23N3O3. The molecule has 0 saturated heterocycles. The first kappa shape index (κ1) is 18.3. The molecule has 1 N–H and O–H groups in total. The fourth-order valence-electron chi connectivity index (χ4n) is 3.76. The molecule has 144 valence electrons.